The van der Waals surface area contributed by atoms with Crippen LogP contribution in [0.1, 0.15) is 11.1 Å². The molecular formula is C15H13F4N. The number of hydrogen-bond acceptors (Lipinski definition) is 1. The molecule has 0 heterocycles. The molecule has 20 heavy (non-hydrogen) atoms. The maximum Gasteiger partial charge on any atom is 0.290 e. The molecule has 0 atom stereocenters. The van der Waals surface area contributed by atoms with Crippen LogP contribution in [0, 0.1) is 18.6 Å². The second-order valence-electron chi connectivity index (χ2n) is 4.51. The number of nitrogens with one attached hydrogen (secondary N) is 1. The van der Waals surface area contributed by atoms with Gasteiger partial charge in [-0.15, -0.1) is 0 Å². The number of aryl methyl sites for hydroxylation is 1. The standard InChI is InChI=1S/C15H13F4N/c1-10-7-13(17)14(8-12(10)16)20-9-15(18,19)11-5-3-2-4-6-11/h2-8,20H,9H2,1H3. The molecule has 1 nitrogen and oxygen atoms in total. The maximum absolute atomic E-state index is 13.9. The molecule has 5 heteroatoms. The Labute approximate surface area is 114 Å². The van der Waals surface area contributed by atoms with Gasteiger partial charge >= 0.3 is 0 Å². The molecule has 0 spiro atoms. The zero-order chi connectivity index (χ0) is 14.8. The van der Waals surface area contributed by atoms with Crippen molar-refractivity contribution >= 4 is 5.69 Å². The molecule has 0 amide bonds. The van der Waals surface area contributed by atoms with Gasteiger partial charge in [-0.2, -0.15) is 8.78 Å². The molecule has 1 N–H and O–H groups in total. The van der Waals surface area contributed by atoms with Crippen LogP contribution in [0.5, 0.6) is 0 Å². The van der Waals surface area contributed by atoms with Crippen molar-refractivity contribution in [3.8, 4) is 0 Å². The predicted molar refractivity (Wildman–Crippen MR) is 69.9 cm³/mol. The zero-order valence-electron chi connectivity index (χ0n) is 10.8. The molecule has 0 unspecified atom stereocenters. The van der Waals surface area contributed by atoms with Crippen molar-refractivity contribution in [3.63, 3.8) is 0 Å². The van der Waals surface area contributed by atoms with Crippen LogP contribution in [0.4, 0.5) is 23.2 Å². The van der Waals surface area contributed by atoms with Gasteiger partial charge in [-0.1, -0.05) is 30.3 Å². The molecule has 2 aromatic carbocycles. The highest BCUT2D eigenvalue weighted by atomic mass is 19.3. The Balaban J connectivity index is 2.14. The summed E-state index contributed by atoms with van der Waals surface area (Å²) in [7, 11) is 0. The lowest BCUT2D eigenvalue weighted by Gasteiger charge is -2.18. The van der Waals surface area contributed by atoms with Crippen LogP contribution < -0.4 is 5.32 Å². The quantitative estimate of drug-likeness (QED) is 0.816. The van der Waals surface area contributed by atoms with Crippen molar-refractivity contribution in [2.75, 3.05) is 11.9 Å². The summed E-state index contributed by atoms with van der Waals surface area (Å²) >= 11 is 0. The van der Waals surface area contributed by atoms with Crippen LogP contribution in [0.15, 0.2) is 42.5 Å². The Hall–Kier alpha value is -2.04. The van der Waals surface area contributed by atoms with Gasteiger partial charge in [-0.3, -0.25) is 0 Å². The topological polar surface area (TPSA) is 12.0 Å². The Kier molecular flexibility index (Phi) is 3.97. The second kappa shape index (κ2) is 5.53. The molecule has 0 fully saturated rings. The van der Waals surface area contributed by atoms with Crippen molar-refractivity contribution in [1.29, 1.82) is 0 Å². The van der Waals surface area contributed by atoms with Crippen molar-refractivity contribution in [3.05, 3.63) is 65.2 Å². The average Bonchev–Trinajstić information content (AvgIpc) is 2.42. The van der Waals surface area contributed by atoms with Crippen molar-refractivity contribution in [2.45, 2.75) is 12.8 Å². The van der Waals surface area contributed by atoms with E-state index in [1.165, 1.54) is 31.2 Å². The Morgan fingerprint density at radius 2 is 1.65 bits per heavy atom. The highest BCUT2D eigenvalue weighted by Gasteiger charge is 2.31. The number of anilines is 1. The van der Waals surface area contributed by atoms with Gasteiger partial charge in [0.15, 0.2) is 0 Å². The molecule has 106 valence electrons. The van der Waals surface area contributed by atoms with Crippen LogP contribution >= 0.6 is 0 Å². The van der Waals surface area contributed by atoms with E-state index >= 15 is 0 Å². The summed E-state index contributed by atoms with van der Waals surface area (Å²) in [5.74, 6) is -4.57. The number of benzene rings is 2. The van der Waals surface area contributed by atoms with Gasteiger partial charge in [0.05, 0.1) is 12.2 Å². The Bertz CT molecular complexity index is 596. The minimum Gasteiger partial charge on any atom is -0.376 e. The Morgan fingerprint density at radius 3 is 2.30 bits per heavy atom. The number of alkyl halides is 2. The molecule has 0 aromatic heterocycles. The van der Waals surface area contributed by atoms with Crippen LogP contribution in [0.25, 0.3) is 0 Å². The molecule has 0 aliphatic heterocycles. The molecule has 0 aliphatic rings. The van der Waals surface area contributed by atoms with Crippen molar-refractivity contribution < 1.29 is 17.6 Å². The van der Waals surface area contributed by atoms with Gasteiger partial charge in [0.2, 0.25) is 0 Å². The number of rotatable bonds is 4. The van der Waals surface area contributed by atoms with Crippen LogP contribution in [0.2, 0.25) is 0 Å². The minimum absolute atomic E-state index is 0.128. The number of hydrogen-bond donors (Lipinski definition) is 1. The summed E-state index contributed by atoms with van der Waals surface area (Å²) in [6.45, 7) is 0.594. The molecule has 0 radical (unpaired) electrons. The minimum atomic E-state index is -3.17. The molecule has 2 aromatic rings. The third-order valence-corrected chi connectivity index (χ3v) is 2.95. The van der Waals surface area contributed by atoms with E-state index in [4.69, 9.17) is 0 Å². The SMILES string of the molecule is Cc1cc(F)c(NCC(F)(F)c2ccccc2)cc1F. The molecular weight excluding hydrogens is 270 g/mol. The van der Waals surface area contributed by atoms with E-state index in [1.807, 2.05) is 0 Å². The van der Waals surface area contributed by atoms with Crippen LogP contribution in [-0.2, 0) is 5.92 Å². The highest BCUT2D eigenvalue weighted by molar-refractivity contribution is 5.47. The first kappa shape index (κ1) is 14.4. The zero-order valence-corrected chi connectivity index (χ0v) is 10.8. The van der Waals surface area contributed by atoms with E-state index < -0.39 is 24.1 Å². The fourth-order valence-electron chi connectivity index (χ4n) is 1.77. The lowest BCUT2D eigenvalue weighted by Crippen LogP contribution is -2.25. The first-order valence-electron chi connectivity index (χ1n) is 6.03. The fourth-order valence-corrected chi connectivity index (χ4v) is 1.77. The molecule has 0 saturated heterocycles. The normalized spacial score (nSPS) is 11.4. The lowest BCUT2D eigenvalue weighted by atomic mass is 10.1. The van der Waals surface area contributed by atoms with Gasteiger partial charge in [0, 0.05) is 11.6 Å². The molecule has 0 bridgehead atoms. The predicted octanol–water partition coefficient (Wildman–Crippen LogP) is 4.48. The lowest BCUT2D eigenvalue weighted by molar-refractivity contribution is 0.0106. The first-order valence-corrected chi connectivity index (χ1v) is 6.03. The smallest absolute Gasteiger partial charge is 0.290 e. The Morgan fingerprint density at radius 1 is 1.00 bits per heavy atom. The summed E-state index contributed by atoms with van der Waals surface area (Å²) in [4.78, 5) is 0. The van der Waals surface area contributed by atoms with Crippen LogP contribution in [0.3, 0.4) is 0 Å². The van der Waals surface area contributed by atoms with Gasteiger partial charge in [0.25, 0.3) is 5.92 Å². The maximum atomic E-state index is 13.9. The average molecular weight is 283 g/mol. The van der Waals surface area contributed by atoms with Crippen molar-refractivity contribution in [2.24, 2.45) is 0 Å². The van der Waals surface area contributed by atoms with Crippen LogP contribution in [-0.4, -0.2) is 6.54 Å². The monoisotopic (exact) mass is 283 g/mol. The van der Waals surface area contributed by atoms with Gasteiger partial charge in [-0.25, -0.2) is 8.78 Å². The third kappa shape index (κ3) is 3.10. The van der Waals surface area contributed by atoms with E-state index in [0.717, 1.165) is 12.1 Å². The van der Waals surface area contributed by atoms with Gasteiger partial charge in [0.1, 0.15) is 11.6 Å². The third-order valence-electron chi connectivity index (χ3n) is 2.95. The summed E-state index contributed by atoms with van der Waals surface area (Å²) in [6.07, 6.45) is 0. The summed E-state index contributed by atoms with van der Waals surface area (Å²) in [5, 5.41) is 2.25. The summed E-state index contributed by atoms with van der Waals surface area (Å²) < 4.78 is 54.6. The van der Waals surface area contributed by atoms with Crippen molar-refractivity contribution in [1.82, 2.24) is 0 Å². The second-order valence-corrected chi connectivity index (χ2v) is 4.51. The van der Waals surface area contributed by atoms with E-state index in [9.17, 15) is 17.6 Å². The summed E-state index contributed by atoms with van der Waals surface area (Å²) in [6, 6.07) is 9.04. The molecule has 0 saturated carbocycles. The molecule has 0 aliphatic carbocycles. The highest BCUT2D eigenvalue weighted by Crippen LogP contribution is 2.29. The summed E-state index contributed by atoms with van der Waals surface area (Å²) in [5.41, 5.74) is -0.327. The van der Waals surface area contributed by atoms with Gasteiger partial charge in [-0.05, 0) is 18.6 Å². The number of halogens is 4. The molecule has 2 rings (SSSR count). The largest absolute Gasteiger partial charge is 0.376 e. The van der Waals surface area contributed by atoms with E-state index in [2.05, 4.69) is 5.32 Å². The van der Waals surface area contributed by atoms with E-state index in [-0.39, 0.29) is 16.8 Å². The van der Waals surface area contributed by atoms with Gasteiger partial charge < -0.3 is 5.32 Å². The first-order chi connectivity index (χ1) is 9.40. The van der Waals surface area contributed by atoms with E-state index in [0.29, 0.717) is 0 Å². The van der Waals surface area contributed by atoms with E-state index in [1.54, 1.807) is 6.07 Å². The fraction of sp³-hybridized carbons (Fsp3) is 0.200.